The summed E-state index contributed by atoms with van der Waals surface area (Å²) in [5.41, 5.74) is 0. The van der Waals surface area contributed by atoms with E-state index in [0.717, 1.165) is 0 Å². The van der Waals surface area contributed by atoms with Gasteiger partial charge in [-0.05, 0) is 0 Å². The summed E-state index contributed by atoms with van der Waals surface area (Å²) < 4.78 is -6.27. The van der Waals surface area contributed by atoms with Crippen LogP contribution >= 0.6 is 116 Å². The highest BCUT2D eigenvalue weighted by molar-refractivity contribution is 6.79. The van der Waals surface area contributed by atoms with Crippen molar-refractivity contribution in [1.82, 2.24) is 0 Å². The molecular formula is C5Cl10. The highest BCUT2D eigenvalue weighted by Gasteiger charge is 2.51. The Bertz CT molecular complexity index is 265. The molecule has 0 spiro atoms. The molecule has 15 heavy (non-hydrogen) atoms. The zero-order valence-electron chi connectivity index (χ0n) is 6.28. The van der Waals surface area contributed by atoms with Crippen LogP contribution in [0.15, 0.2) is 10.1 Å². The zero-order valence-corrected chi connectivity index (χ0v) is 13.8. The van der Waals surface area contributed by atoms with E-state index >= 15 is 0 Å². The summed E-state index contributed by atoms with van der Waals surface area (Å²) in [6.45, 7) is 0. The molecule has 0 aliphatic rings. The van der Waals surface area contributed by atoms with Crippen molar-refractivity contribution in [2.45, 2.75) is 11.9 Å². The molecular weight excluding hydrogens is 415 g/mol. The second-order valence-electron chi connectivity index (χ2n) is 2.20. The summed E-state index contributed by atoms with van der Waals surface area (Å²) in [6, 6.07) is 0. The fraction of sp³-hybridized carbons (Fsp3) is 0.600. The standard InChI is InChI=1S/C5Cl10/c6-1(2(7)4(10,11)12)3(8,9)5(13,14)15. The highest BCUT2D eigenvalue weighted by Crippen LogP contribution is 2.55. The van der Waals surface area contributed by atoms with E-state index in [9.17, 15) is 0 Å². The molecule has 0 aromatic rings. The van der Waals surface area contributed by atoms with Crippen LogP contribution in [0.25, 0.3) is 0 Å². The van der Waals surface area contributed by atoms with Gasteiger partial charge in [-0.2, -0.15) is 0 Å². The zero-order chi connectivity index (χ0) is 12.7. The summed E-state index contributed by atoms with van der Waals surface area (Å²) >= 11 is 55.4. The van der Waals surface area contributed by atoms with Crippen LogP contribution < -0.4 is 0 Å². The maximum absolute atomic E-state index is 5.68. The van der Waals surface area contributed by atoms with Crippen molar-refractivity contribution in [1.29, 1.82) is 0 Å². The fourth-order valence-electron chi connectivity index (χ4n) is 0.387. The maximum atomic E-state index is 5.68. The molecule has 0 radical (unpaired) electrons. The van der Waals surface area contributed by atoms with Gasteiger partial charge in [0.25, 0.3) is 0 Å². The van der Waals surface area contributed by atoms with Crippen LogP contribution in [0, 0.1) is 0 Å². The summed E-state index contributed by atoms with van der Waals surface area (Å²) in [6.07, 6.45) is 0. The summed E-state index contributed by atoms with van der Waals surface area (Å²) in [5, 5.41) is -0.932. The lowest BCUT2D eigenvalue weighted by Crippen LogP contribution is -2.32. The average Bonchev–Trinajstić information content (AvgIpc) is 1.97. The van der Waals surface area contributed by atoms with E-state index in [4.69, 9.17) is 116 Å². The van der Waals surface area contributed by atoms with Crippen LogP contribution in [-0.4, -0.2) is 11.9 Å². The Morgan fingerprint density at radius 2 is 0.933 bits per heavy atom. The third-order valence-electron chi connectivity index (χ3n) is 1.07. The molecule has 0 nitrogen and oxygen atoms in total. The van der Waals surface area contributed by atoms with Crippen molar-refractivity contribution >= 4 is 116 Å². The first kappa shape index (κ1) is 17.6. The van der Waals surface area contributed by atoms with E-state index in [2.05, 4.69) is 0 Å². The van der Waals surface area contributed by atoms with Gasteiger partial charge in [-0.15, -0.1) is 0 Å². The van der Waals surface area contributed by atoms with Gasteiger partial charge in [-0.3, -0.25) is 0 Å². The van der Waals surface area contributed by atoms with Crippen molar-refractivity contribution < 1.29 is 0 Å². The predicted octanol–water partition coefficient (Wildman–Crippen LogP) is 6.59. The van der Waals surface area contributed by atoms with Gasteiger partial charge in [-0.25, -0.2) is 0 Å². The van der Waals surface area contributed by atoms with E-state index in [0.29, 0.717) is 0 Å². The molecule has 0 heterocycles. The van der Waals surface area contributed by atoms with Gasteiger partial charge < -0.3 is 0 Å². The van der Waals surface area contributed by atoms with Crippen LogP contribution in [0.4, 0.5) is 0 Å². The van der Waals surface area contributed by atoms with Crippen molar-refractivity contribution in [2.24, 2.45) is 0 Å². The van der Waals surface area contributed by atoms with Gasteiger partial charge in [0, 0.05) is 0 Å². The molecule has 0 unspecified atom stereocenters. The summed E-state index contributed by atoms with van der Waals surface area (Å²) in [7, 11) is 0. The molecule has 0 atom stereocenters. The molecule has 0 saturated heterocycles. The number of allylic oxidation sites excluding steroid dienone is 2. The molecule has 0 aromatic carbocycles. The van der Waals surface area contributed by atoms with Gasteiger partial charge in [-0.1, -0.05) is 116 Å². The smallest absolute Gasteiger partial charge is 0.0904 e. The number of rotatable bonds is 1. The lowest BCUT2D eigenvalue weighted by molar-refractivity contribution is 0.962. The lowest BCUT2D eigenvalue weighted by atomic mass is 10.4. The summed E-state index contributed by atoms with van der Waals surface area (Å²) in [5.74, 6) is 0. The molecule has 10 heteroatoms. The first-order chi connectivity index (χ1) is 6.32. The van der Waals surface area contributed by atoms with Crippen molar-refractivity contribution in [2.75, 3.05) is 0 Å². The van der Waals surface area contributed by atoms with Gasteiger partial charge in [0.05, 0.1) is 10.1 Å². The van der Waals surface area contributed by atoms with E-state index < -0.39 is 22.0 Å². The molecule has 0 rings (SSSR count). The minimum Gasteiger partial charge on any atom is -0.0904 e. The molecule has 90 valence electrons. The van der Waals surface area contributed by atoms with Crippen molar-refractivity contribution in [3.63, 3.8) is 0 Å². The molecule has 0 aliphatic heterocycles. The Labute approximate surface area is 137 Å². The van der Waals surface area contributed by atoms with Crippen LogP contribution in [-0.2, 0) is 0 Å². The van der Waals surface area contributed by atoms with E-state index in [-0.39, 0.29) is 0 Å². The van der Waals surface area contributed by atoms with E-state index in [1.807, 2.05) is 0 Å². The highest BCUT2D eigenvalue weighted by atomic mass is 35.6. The van der Waals surface area contributed by atoms with Gasteiger partial charge in [0.1, 0.15) is 0 Å². The molecule has 0 aliphatic carbocycles. The Morgan fingerprint density at radius 1 is 0.600 bits per heavy atom. The monoisotopic (exact) mass is 410 g/mol. The van der Waals surface area contributed by atoms with Crippen molar-refractivity contribution in [3.8, 4) is 0 Å². The Hall–Kier alpha value is 2.64. The predicted molar refractivity (Wildman–Crippen MR) is 73.7 cm³/mol. The molecule has 0 aromatic heterocycles. The lowest BCUT2D eigenvalue weighted by Gasteiger charge is -2.28. The molecule has 0 saturated carbocycles. The Balaban J connectivity index is 5.44. The number of alkyl halides is 8. The maximum Gasteiger partial charge on any atom is 0.228 e. The van der Waals surface area contributed by atoms with Gasteiger partial charge in [0.15, 0.2) is 0 Å². The number of hydrogen-bond acceptors (Lipinski definition) is 0. The van der Waals surface area contributed by atoms with Crippen molar-refractivity contribution in [3.05, 3.63) is 10.1 Å². The van der Waals surface area contributed by atoms with E-state index in [1.165, 1.54) is 0 Å². The summed E-state index contributed by atoms with van der Waals surface area (Å²) in [4.78, 5) is 0. The number of hydrogen-bond donors (Lipinski definition) is 0. The van der Waals surface area contributed by atoms with Crippen LogP contribution in [0.2, 0.25) is 0 Å². The van der Waals surface area contributed by atoms with Crippen LogP contribution in [0.3, 0.4) is 0 Å². The molecule has 0 fully saturated rings. The normalized spacial score (nSPS) is 16.4. The average molecular weight is 415 g/mol. The number of halogens is 10. The van der Waals surface area contributed by atoms with Gasteiger partial charge >= 0.3 is 0 Å². The SMILES string of the molecule is ClC(=C(Cl)C(Cl)(Cl)C(Cl)(Cl)Cl)C(Cl)(Cl)Cl. The third kappa shape index (κ3) is 4.67. The first-order valence-electron chi connectivity index (χ1n) is 2.89. The quantitative estimate of drug-likeness (QED) is 0.425. The third-order valence-corrected chi connectivity index (χ3v) is 5.54. The minimum atomic E-state index is -2.14. The largest absolute Gasteiger partial charge is 0.228 e. The topological polar surface area (TPSA) is 0 Å². The first-order valence-corrected chi connectivity index (χ1v) is 6.67. The fourth-order valence-corrected chi connectivity index (χ4v) is 1.95. The second-order valence-corrected chi connectivity index (χ2v) is 8.84. The van der Waals surface area contributed by atoms with Crippen LogP contribution in [0.1, 0.15) is 0 Å². The second kappa shape index (κ2) is 5.74. The van der Waals surface area contributed by atoms with E-state index in [1.54, 1.807) is 0 Å². The minimum absolute atomic E-state index is 0.453. The molecule has 0 bridgehead atoms. The Morgan fingerprint density at radius 3 is 1.13 bits per heavy atom. The van der Waals surface area contributed by atoms with Crippen LogP contribution in [0.5, 0.6) is 0 Å². The Kier molecular flexibility index (Phi) is 6.74. The molecule has 0 amide bonds. The molecule has 0 N–H and O–H groups in total. The van der Waals surface area contributed by atoms with Gasteiger partial charge in [0.2, 0.25) is 11.9 Å².